The molecule has 0 saturated heterocycles. The van der Waals surface area contributed by atoms with E-state index in [4.69, 9.17) is 23.2 Å². The minimum atomic E-state index is -0.0769. The van der Waals surface area contributed by atoms with Crippen molar-refractivity contribution in [1.82, 2.24) is 5.32 Å². The van der Waals surface area contributed by atoms with Crippen LogP contribution in [-0.2, 0) is 4.79 Å². The molecule has 0 radical (unpaired) electrons. The fourth-order valence-electron chi connectivity index (χ4n) is 3.99. The number of carbonyl (C=O) groups excluding carboxylic acids is 1. The highest BCUT2D eigenvalue weighted by molar-refractivity contribution is 6.40. The zero-order chi connectivity index (χ0) is 19.5. The van der Waals surface area contributed by atoms with Crippen LogP contribution in [0.3, 0.4) is 0 Å². The van der Waals surface area contributed by atoms with Gasteiger partial charge in [0.25, 0.3) is 5.91 Å². The number of nitrogens with one attached hydrogen (secondary N) is 1. The van der Waals surface area contributed by atoms with E-state index >= 15 is 0 Å². The van der Waals surface area contributed by atoms with Gasteiger partial charge in [-0.1, -0.05) is 72.8 Å². The molecule has 0 spiro atoms. The topological polar surface area (TPSA) is 44.7 Å². The van der Waals surface area contributed by atoms with Crippen LogP contribution < -0.4 is 10.3 Å². The standard InChI is InChI=1S/C22H23Cl2N3O/c23-16-11-12-20(18(24)13-16)27-21(15-7-3-1-4-8-15)14-19(26-27)22(28)25-17-9-5-2-6-10-17/h1,3-4,7-8,11-13,17,21H,2,5-6,9-10,14H2,(H,25,28). The lowest BCUT2D eigenvalue weighted by Gasteiger charge is -2.24. The monoisotopic (exact) mass is 415 g/mol. The molecule has 1 aliphatic heterocycles. The average molecular weight is 416 g/mol. The van der Waals surface area contributed by atoms with E-state index in [1.807, 2.05) is 29.3 Å². The third-order valence-corrected chi connectivity index (χ3v) is 5.99. The lowest BCUT2D eigenvalue weighted by atomic mass is 9.95. The summed E-state index contributed by atoms with van der Waals surface area (Å²) in [4.78, 5) is 12.9. The van der Waals surface area contributed by atoms with E-state index < -0.39 is 0 Å². The molecule has 1 unspecified atom stereocenters. The highest BCUT2D eigenvalue weighted by atomic mass is 35.5. The van der Waals surface area contributed by atoms with Crippen LogP contribution in [0.5, 0.6) is 0 Å². The predicted molar refractivity (Wildman–Crippen MR) is 115 cm³/mol. The molecule has 146 valence electrons. The molecule has 1 aliphatic carbocycles. The van der Waals surface area contributed by atoms with Crippen LogP contribution in [0.15, 0.2) is 53.6 Å². The first-order chi connectivity index (χ1) is 13.6. The fourth-order valence-corrected chi connectivity index (χ4v) is 4.48. The molecule has 2 aliphatic rings. The van der Waals surface area contributed by atoms with E-state index in [9.17, 15) is 4.79 Å². The lowest BCUT2D eigenvalue weighted by Crippen LogP contribution is -2.39. The molecule has 6 heteroatoms. The third kappa shape index (κ3) is 4.18. The maximum Gasteiger partial charge on any atom is 0.267 e. The summed E-state index contributed by atoms with van der Waals surface area (Å²) >= 11 is 12.5. The summed E-state index contributed by atoms with van der Waals surface area (Å²) in [7, 11) is 0. The number of nitrogens with zero attached hydrogens (tertiary/aromatic N) is 2. The molecule has 4 nitrogen and oxygen atoms in total. The Hall–Kier alpha value is -2.04. The van der Waals surface area contributed by atoms with Gasteiger partial charge >= 0.3 is 0 Å². The van der Waals surface area contributed by atoms with Crippen molar-refractivity contribution >= 4 is 40.5 Å². The first-order valence-electron chi connectivity index (χ1n) is 9.79. The van der Waals surface area contributed by atoms with Gasteiger partial charge in [0.1, 0.15) is 5.71 Å². The first-order valence-corrected chi connectivity index (χ1v) is 10.5. The van der Waals surface area contributed by atoms with Crippen molar-refractivity contribution in [3.8, 4) is 0 Å². The zero-order valence-corrected chi connectivity index (χ0v) is 17.1. The van der Waals surface area contributed by atoms with Crippen LogP contribution in [0.4, 0.5) is 5.69 Å². The van der Waals surface area contributed by atoms with Gasteiger partial charge in [0.2, 0.25) is 0 Å². The van der Waals surface area contributed by atoms with Crippen molar-refractivity contribution in [2.45, 2.75) is 50.6 Å². The number of amides is 1. The molecule has 1 saturated carbocycles. The maximum atomic E-state index is 12.9. The number of hydrogen-bond acceptors (Lipinski definition) is 3. The van der Waals surface area contributed by atoms with Crippen molar-refractivity contribution < 1.29 is 4.79 Å². The van der Waals surface area contributed by atoms with E-state index in [2.05, 4.69) is 22.6 Å². The molecule has 2 aromatic carbocycles. The van der Waals surface area contributed by atoms with Crippen molar-refractivity contribution in [1.29, 1.82) is 0 Å². The number of halogens is 2. The first kappa shape index (κ1) is 19.3. The summed E-state index contributed by atoms with van der Waals surface area (Å²) < 4.78 is 0. The van der Waals surface area contributed by atoms with E-state index in [0.29, 0.717) is 22.2 Å². The smallest absolute Gasteiger partial charge is 0.267 e. The quantitative estimate of drug-likeness (QED) is 0.690. The summed E-state index contributed by atoms with van der Waals surface area (Å²) in [5.74, 6) is -0.0691. The summed E-state index contributed by atoms with van der Waals surface area (Å²) in [6.45, 7) is 0. The van der Waals surface area contributed by atoms with Crippen molar-refractivity contribution in [2.24, 2.45) is 5.10 Å². The second kappa shape index (κ2) is 8.54. The van der Waals surface area contributed by atoms with Crippen LogP contribution in [0.1, 0.15) is 50.1 Å². The predicted octanol–water partition coefficient (Wildman–Crippen LogP) is 5.75. The molecule has 2 aromatic rings. The normalized spacial score (nSPS) is 20.1. The Kier molecular flexibility index (Phi) is 5.88. The zero-order valence-electron chi connectivity index (χ0n) is 15.6. The third-order valence-electron chi connectivity index (χ3n) is 5.45. The lowest BCUT2D eigenvalue weighted by molar-refractivity contribution is -0.115. The van der Waals surface area contributed by atoms with Crippen molar-refractivity contribution in [3.05, 3.63) is 64.1 Å². The number of carbonyl (C=O) groups is 1. The van der Waals surface area contributed by atoms with Gasteiger partial charge in [-0.15, -0.1) is 0 Å². The Morgan fingerprint density at radius 3 is 2.50 bits per heavy atom. The van der Waals surface area contributed by atoms with Gasteiger partial charge in [0.15, 0.2) is 0 Å². The summed E-state index contributed by atoms with van der Waals surface area (Å²) in [6.07, 6.45) is 6.25. The molecule has 1 fully saturated rings. The van der Waals surface area contributed by atoms with E-state index in [1.165, 1.54) is 19.3 Å². The fraction of sp³-hybridized carbons (Fsp3) is 0.364. The summed E-state index contributed by atoms with van der Waals surface area (Å²) in [5, 5.41) is 10.8. The molecular weight excluding hydrogens is 393 g/mol. The number of hydrazone groups is 1. The van der Waals surface area contributed by atoms with Crippen LogP contribution in [0, 0.1) is 0 Å². The van der Waals surface area contributed by atoms with E-state index in [0.717, 1.165) is 24.1 Å². The van der Waals surface area contributed by atoms with Crippen LogP contribution in [0.25, 0.3) is 0 Å². The Labute approximate surface area is 175 Å². The minimum absolute atomic E-state index is 0.0691. The van der Waals surface area contributed by atoms with Crippen LogP contribution in [-0.4, -0.2) is 17.7 Å². The van der Waals surface area contributed by atoms with Gasteiger partial charge < -0.3 is 5.32 Å². The van der Waals surface area contributed by atoms with Crippen molar-refractivity contribution in [2.75, 3.05) is 5.01 Å². The molecule has 1 heterocycles. The number of hydrogen-bond donors (Lipinski definition) is 1. The molecule has 1 atom stereocenters. The van der Waals surface area contributed by atoms with Crippen LogP contribution in [0.2, 0.25) is 10.0 Å². The number of anilines is 1. The maximum absolute atomic E-state index is 12.9. The van der Waals surface area contributed by atoms with Gasteiger partial charge in [-0.2, -0.15) is 5.10 Å². The molecule has 4 rings (SSSR count). The van der Waals surface area contributed by atoms with E-state index in [1.54, 1.807) is 12.1 Å². The number of rotatable bonds is 4. The average Bonchev–Trinajstić information content (AvgIpc) is 3.15. The summed E-state index contributed by atoms with van der Waals surface area (Å²) in [5.41, 5.74) is 2.39. The number of benzene rings is 2. The largest absolute Gasteiger partial charge is 0.348 e. The van der Waals surface area contributed by atoms with Gasteiger partial charge in [-0.3, -0.25) is 9.80 Å². The highest BCUT2D eigenvalue weighted by Gasteiger charge is 2.34. The minimum Gasteiger partial charge on any atom is -0.348 e. The second-order valence-electron chi connectivity index (χ2n) is 7.43. The van der Waals surface area contributed by atoms with Crippen molar-refractivity contribution in [3.63, 3.8) is 0 Å². The van der Waals surface area contributed by atoms with Gasteiger partial charge in [-0.25, -0.2) is 0 Å². The van der Waals surface area contributed by atoms with E-state index in [-0.39, 0.29) is 18.0 Å². The second-order valence-corrected chi connectivity index (χ2v) is 8.27. The summed E-state index contributed by atoms with van der Waals surface area (Å²) in [6, 6.07) is 15.6. The molecule has 0 aromatic heterocycles. The Bertz CT molecular complexity index is 879. The van der Waals surface area contributed by atoms with Gasteiger partial charge in [0.05, 0.1) is 16.8 Å². The Balaban J connectivity index is 1.62. The molecule has 28 heavy (non-hydrogen) atoms. The van der Waals surface area contributed by atoms with Gasteiger partial charge in [-0.05, 0) is 36.6 Å². The SMILES string of the molecule is O=C(NC1CCCCC1)C1=NN(c2ccc(Cl)cc2Cl)C(c2ccccc2)C1. The molecule has 0 bridgehead atoms. The van der Waals surface area contributed by atoms with Crippen LogP contribution >= 0.6 is 23.2 Å². The van der Waals surface area contributed by atoms with Gasteiger partial charge in [0, 0.05) is 17.5 Å². The Morgan fingerprint density at radius 1 is 1.04 bits per heavy atom. The molecule has 1 amide bonds. The Morgan fingerprint density at radius 2 is 1.79 bits per heavy atom. The molecular formula is C22H23Cl2N3O. The highest BCUT2D eigenvalue weighted by Crippen LogP contribution is 2.39. The molecule has 1 N–H and O–H groups in total.